The van der Waals surface area contributed by atoms with Crippen LogP contribution in [0.15, 0.2) is 18.2 Å². The molecule has 0 unspecified atom stereocenters. The first-order chi connectivity index (χ1) is 8.00. The molecular weight excluding hydrogens is 230 g/mol. The fourth-order valence-electron chi connectivity index (χ4n) is 1.85. The smallest absolute Gasteiger partial charge is 0.222 e. The number of carbonyl (C=O) groups excluding carboxylic acids is 1. The van der Waals surface area contributed by atoms with Gasteiger partial charge >= 0.3 is 0 Å². The van der Waals surface area contributed by atoms with Crippen LogP contribution in [0.3, 0.4) is 0 Å². The van der Waals surface area contributed by atoms with Crippen molar-refractivity contribution in [2.24, 2.45) is 0 Å². The van der Waals surface area contributed by atoms with Crippen LogP contribution in [0, 0.1) is 27.7 Å². The van der Waals surface area contributed by atoms with Crippen molar-refractivity contribution in [3.63, 3.8) is 0 Å². The monoisotopic (exact) mass is 245 g/mol. The molecular formula is C14H15NOS. The molecule has 0 N–H and O–H groups in total. The third-order valence-electron chi connectivity index (χ3n) is 2.93. The summed E-state index contributed by atoms with van der Waals surface area (Å²) in [5.74, 6) is 0.0433. The standard InChI is InChI=1S/C14H15NOS/c1-8-6-5-7-9(2)12(8)13(16)14-15-10(3)11(4)17-14/h5-7H,1-4H3. The van der Waals surface area contributed by atoms with E-state index in [4.69, 9.17) is 0 Å². The number of aryl methyl sites for hydroxylation is 4. The van der Waals surface area contributed by atoms with Crippen LogP contribution in [0.2, 0.25) is 0 Å². The molecule has 0 fully saturated rings. The van der Waals surface area contributed by atoms with Crippen LogP contribution in [0.25, 0.3) is 0 Å². The number of ketones is 1. The summed E-state index contributed by atoms with van der Waals surface area (Å²) in [7, 11) is 0. The lowest BCUT2D eigenvalue weighted by Gasteiger charge is -2.06. The quantitative estimate of drug-likeness (QED) is 0.756. The predicted octanol–water partition coefficient (Wildman–Crippen LogP) is 3.61. The molecule has 1 aromatic carbocycles. The van der Waals surface area contributed by atoms with E-state index < -0.39 is 0 Å². The van der Waals surface area contributed by atoms with Gasteiger partial charge in [0.2, 0.25) is 5.78 Å². The minimum atomic E-state index is 0.0433. The first-order valence-corrected chi connectivity index (χ1v) is 6.37. The van der Waals surface area contributed by atoms with Gasteiger partial charge in [-0.2, -0.15) is 0 Å². The number of carbonyl (C=O) groups is 1. The van der Waals surface area contributed by atoms with Crippen molar-refractivity contribution in [1.82, 2.24) is 4.98 Å². The molecule has 2 aromatic rings. The van der Waals surface area contributed by atoms with Gasteiger partial charge in [-0.05, 0) is 38.8 Å². The van der Waals surface area contributed by atoms with Gasteiger partial charge in [0.1, 0.15) is 0 Å². The van der Waals surface area contributed by atoms with Gasteiger partial charge in [-0.3, -0.25) is 4.79 Å². The zero-order valence-electron chi connectivity index (χ0n) is 10.5. The van der Waals surface area contributed by atoms with Crippen LogP contribution in [-0.2, 0) is 0 Å². The van der Waals surface area contributed by atoms with Gasteiger partial charge in [0, 0.05) is 10.4 Å². The molecule has 0 saturated heterocycles. The van der Waals surface area contributed by atoms with E-state index in [1.165, 1.54) is 11.3 Å². The Kier molecular flexibility index (Phi) is 3.11. The number of thiazole rings is 1. The van der Waals surface area contributed by atoms with E-state index in [0.717, 1.165) is 27.3 Å². The summed E-state index contributed by atoms with van der Waals surface area (Å²) >= 11 is 1.47. The van der Waals surface area contributed by atoms with Crippen LogP contribution in [0.4, 0.5) is 0 Å². The van der Waals surface area contributed by atoms with Gasteiger partial charge < -0.3 is 0 Å². The molecule has 0 spiro atoms. The van der Waals surface area contributed by atoms with E-state index >= 15 is 0 Å². The lowest BCUT2D eigenvalue weighted by atomic mass is 9.99. The van der Waals surface area contributed by atoms with Crippen molar-refractivity contribution in [3.05, 3.63) is 50.5 Å². The zero-order chi connectivity index (χ0) is 12.6. The minimum Gasteiger partial charge on any atom is -0.286 e. The van der Waals surface area contributed by atoms with E-state index in [9.17, 15) is 4.79 Å². The summed E-state index contributed by atoms with van der Waals surface area (Å²) in [6.45, 7) is 7.86. The maximum absolute atomic E-state index is 12.4. The average Bonchev–Trinajstić information content (AvgIpc) is 2.59. The highest BCUT2D eigenvalue weighted by Crippen LogP contribution is 2.23. The highest BCUT2D eigenvalue weighted by molar-refractivity contribution is 7.13. The van der Waals surface area contributed by atoms with Gasteiger partial charge in [-0.1, -0.05) is 18.2 Å². The molecule has 0 bridgehead atoms. The van der Waals surface area contributed by atoms with E-state index in [-0.39, 0.29) is 5.78 Å². The van der Waals surface area contributed by atoms with E-state index in [1.54, 1.807) is 0 Å². The van der Waals surface area contributed by atoms with Gasteiger partial charge in [-0.25, -0.2) is 4.98 Å². The van der Waals surface area contributed by atoms with Crippen LogP contribution >= 0.6 is 11.3 Å². The summed E-state index contributed by atoms with van der Waals surface area (Å²) in [5.41, 5.74) is 3.77. The van der Waals surface area contributed by atoms with Crippen LogP contribution in [0.1, 0.15) is 37.1 Å². The third-order valence-corrected chi connectivity index (χ3v) is 4.00. The Morgan fingerprint density at radius 1 is 1.12 bits per heavy atom. The fraction of sp³-hybridized carbons (Fsp3) is 0.286. The number of benzene rings is 1. The molecule has 0 amide bonds. The van der Waals surface area contributed by atoms with Gasteiger partial charge in [0.15, 0.2) is 5.01 Å². The molecule has 0 aliphatic carbocycles. The Bertz CT molecular complexity index is 544. The maximum Gasteiger partial charge on any atom is 0.222 e. The molecule has 17 heavy (non-hydrogen) atoms. The summed E-state index contributed by atoms with van der Waals surface area (Å²) in [6, 6.07) is 5.90. The topological polar surface area (TPSA) is 30.0 Å². The van der Waals surface area contributed by atoms with E-state index in [2.05, 4.69) is 4.98 Å². The summed E-state index contributed by atoms with van der Waals surface area (Å²) in [6.07, 6.45) is 0. The molecule has 2 rings (SSSR count). The summed E-state index contributed by atoms with van der Waals surface area (Å²) in [4.78, 5) is 17.8. The number of hydrogen-bond donors (Lipinski definition) is 0. The number of rotatable bonds is 2. The van der Waals surface area contributed by atoms with Crippen LogP contribution in [-0.4, -0.2) is 10.8 Å². The molecule has 1 aromatic heterocycles. The Morgan fingerprint density at radius 3 is 2.18 bits per heavy atom. The van der Waals surface area contributed by atoms with Crippen molar-refractivity contribution < 1.29 is 4.79 Å². The first-order valence-electron chi connectivity index (χ1n) is 5.55. The Labute approximate surface area is 105 Å². The molecule has 0 saturated carbocycles. The lowest BCUT2D eigenvalue weighted by molar-refractivity contribution is 0.103. The molecule has 0 atom stereocenters. The zero-order valence-corrected chi connectivity index (χ0v) is 11.3. The van der Waals surface area contributed by atoms with Crippen molar-refractivity contribution >= 4 is 17.1 Å². The molecule has 0 aliphatic rings. The molecule has 3 heteroatoms. The Hall–Kier alpha value is -1.48. The van der Waals surface area contributed by atoms with E-state index in [1.807, 2.05) is 45.9 Å². The molecule has 88 valence electrons. The molecule has 0 radical (unpaired) electrons. The second kappa shape index (κ2) is 4.41. The normalized spacial score (nSPS) is 10.6. The SMILES string of the molecule is Cc1cccc(C)c1C(=O)c1nc(C)c(C)s1. The molecule has 0 aliphatic heterocycles. The second-order valence-electron chi connectivity index (χ2n) is 4.26. The van der Waals surface area contributed by atoms with E-state index in [0.29, 0.717) is 5.01 Å². The largest absolute Gasteiger partial charge is 0.286 e. The summed E-state index contributed by atoms with van der Waals surface area (Å²) < 4.78 is 0. The number of hydrogen-bond acceptors (Lipinski definition) is 3. The van der Waals surface area contributed by atoms with Gasteiger partial charge in [-0.15, -0.1) is 11.3 Å². The summed E-state index contributed by atoms with van der Waals surface area (Å²) in [5, 5.41) is 0.595. The fourth-order valence-corrected chi connectivity index (χ4v) is 2.71. The predicted molar refractivity (Wildman–Crippen MR) is 70.9 cm³/mol. The van der Waals surface area contributed by atoms with Crippen molar-refractivity contribution in [2.45, 2.75) is 27.7 Å². The minimum absolute atomic E-state index is 0.0433. The molecule has 2 nitrogen and oxygen atoms in total. The second-order valence-corrected chi connectivity index (χ2v) is 5.46. The van der Waals surface area contributed by atoms with Crippen molar-refractivity contribution in [2.75, 3.05) is 0 Å². The van der Waals surface area contributed by atoms with Gasteiger partial charge in [0.05, 0.1) is 5.69 Å². The van der Waals surface area contributed by atoms with Crippen LogP contribution in [0.5, 0.6) is 0 Å². The average molecular weight is 245 g/mol. The number of aromatic nitrogens is 1. The van der Waals surface area contributed by atoms with Crippen LogP contribution < -0.4 is 0 Å². The first kappa shape index (κ1) is 12.0. The highest BCUT2D eigenvalue weighted by atomic mass is 32.1. The van der Waals surface area contributed by atoms with Gasteiger partial charge in [0.25, 0.3) is 0 Å². The highest BCUT2D eigenvalue weighted by Gasteiger charge is 2.18. The third kappa shape index (κ3) is 2.15. The molecule has 1 heterocycles. The van der Waals surface area contributed by atoms with Crippen molar-refractivity contribution in [1.29, 1.82) is 0 Å². The van der Waals surface area contributed by atoms with Crippen molar-refractivity contribution in [3.8, 4) is 0 Å². The maximum atomic E-state index is 12.4. The Balaban J connectivity index is 2.51. The lowest BCUT2D eigenvalue weighted by Crippen LogP contribution is -2.05. The Morgan fingerprint density at radius 2 is 1.71 bits per heavy atom. The number of nitrogens with zero attached hydrogens (tertiary/aromatic N) is 1.